The molecule has 1 aromatic carbocycles. The number of nitrogens with one attached hydrogen (secondary N) is 1. The van der Waals surface area contributed by atoms with E-state index in [0.717, 1.165) is 18.4 Å². The lowest BCUT2D eigenvalue weighted by atomic mass is 9.77. The van der Waals surface area contributed by atoms with Gasteiger partial charge in [-0.3, -0.25) is 0 Å². The highest BCUT2D eigenvalue weighted by atomic mass is 15.2. The molecule has 1 heterocycles. The SMILES string of the molecule is CC(C)N1CCC(CNCC2Cc3ccccc32)C1. The molecule has 1 aliphatic carbocycles. The molecule has 1 aromatic rings. The molecule has 1 fully saturated rings. The van der Waals surface area contributed by atoms with Gasteiger partial charge in [0.05, 0.1) is 0 Å². The van der Waals surface area contributed by atoms with Crippen molar-refractivity contribution in [2.75, 3.05) is 26.2 Å². The molecule has 1 saturated heterocycles. The molecule has 0 amide bonds. The standard InChI is InChI=1S/C17H26N2/c1-13(2)19-8-7-14(12-19)10-18-11-16-9-15-5-3-4-6-17(15)16/h3-6,13-14,16,18H,7-12H2,1-2H3. The van der Waals surface area contributed by atoms with Crippen LogP contribution >= 0.6 is 0 Å². The average Bonchev–Trinajstić information content (AvgIpc) is 2.84. The number of benzene rings is 1. The van der Waals surface area contributed by atoms with E-state index in [1.165, 1.54) is 32.5 Å². The Morgan fingerprint density at radius 2 is 2.11 bits per heavy atom. The third-order valence-corrected chi connectivity index (χ3v) is 4.83. The topological polar surface area (TPSA) is 15.3 Å². The number of rotatable bonds is 5. The molecule has 104 valence electrons. The summed E-state index contributed by atoms with van der Waals surface area (Å²) in [5.41, 5.74) is 3.13. The molecular weight excluding hydrogens is 232 g/mol. The first-order chi connectivity index (χ1) is 9.24. The average molecular weight is 258 g/mol. The molecule has 0 spiro atoms. The molecule has 0 aromatic heterocycles. The van der Waals surface area contributed by atoms with E-state index in [4.69, 9.17) is 0 Å². The first kappa shape index (κ1) is 13.1. The van der Waals surface area contributed by atoms with E-state index in [0.29, 0.717) is 6.04 Å². The van der Waals surface area contributed by atoms with Gasteiger partial charge in [0.15, 0.2) is 0 Å². The molecule has 1 aliphatic heterocycles. The molecule has 1 N–H and O–H groups in total. The third-order valence-electron chi connectivity index (χ3n) is 4.83. The summed E-state index contributed by atoms with van der Waals surface area (Å²) in [4.78, 5) is 2.60. The Balaban J connectivity index is 1.39. The molecule has 2 heteroatoms. The van der Waals surface area contributed by atoms with Gasteiger partial charge in [0, 0.05) is 25.0 Å². The van der Waals surface area contributed by atoms with Gasteiger partial charge in [0.1, 0.15) is 0 Å². The summed E-state index contributed by atoms with van der Waals surface area (Å²) in [7, 11) is 0. The second-order valence-electron chi connectivity index (χ2n) is 6.50. The quantitative estimate of drug-likeness (QED) is 0.873. The first-order valence-electron chi connectivity index (χ1n) is 7.76. The lowest BCUT2D eigenvalue weighted by Gasteiger charge is -2.30. The van der Waals surface area contributed by atoms with Crippen LogP contribution in [0, 0.1) is 5.92 Å². The lowest BCUT2D eigenvalue weighted by molar-refractivity contribution is 0.263. The van der Waals surface area contributed by atoms with Crippen molar-refractivity contribution in [2.24, 2.45) is 5.92 Å². The van der Waals surface area contributed by atoms with Crippen LogP contribution < -0.4 is 5.32 Å². The van der Waals surface area contributed by atoms with E-state index >= 15 is 0 Å². The summed E-state index contributed by atoms with van der Waals surface area (Å²) in [5, 5.41) is 3.70. The van der Waals surface area contributed by atoms with Gasteiger partial charge in [-0.05, 0) is 56.8 Å². The van der Waals surface area contributed by atoms with Crippen molar-refractivity contribution in [1.82, 2.24) is 10.2 Å². The van der Waals surface area contributed by atoms with Gasteiger partial charge in [-0.1, -0.05) is 24.3 Å². The molecule has 2 aliphatic rings. The zero-order valence-electron chi connectivity index (χ0n) is 12.2. The number of nitrogens with zero attached hydrogens (tertiary/aromatic N) is 1. The maximum atomic E-state index is 3.70. The van der Waals surface area contributed by atoms with Crippen LogP contribution in [0.5, 0.6) is 0 Å². The van der Waals surface area contributed by atoms with Crippen molar-refractivity contribution < 1.29 is 0 Å². The van der Waals surface area contributed by atoms with Crippen molar-refractivity contribution in [2.45, 2.75) is 38.6 Å². The van der Waals surface area contributed by atoms with E-state index < -0.39 is 0 Å². The minimum atomic E-state index is 0.712. The maximum absolute atomic E-state index is 3.70. The summed E-state index contributed by atoms with van der Waals surface area (Å²) >= 11 is 0. The van der Waals surface area contributed by atoms with Crippen molar-refractivity contribution in [3.63, 3.8) is 0 Å². The van der Waals surface area contributed by atoms with Gasteiger partial charge in [0.2, 0.25) is 0 Å². The monoisotopic (exact) mass is 258 g/mol. The maximum Gasteiger partial charge on any atom is 0.00387 e. The first-order valence-corrected chi connectivity index (χ1v) is 7.76. The normalized spacial score (nSPS) is 26.5. The number of hydrogen-bond acceptors (Lipinski definition) is 2. The zero-order chi connectivity index (χ0) is 13.2. The van der Waals surface area contributed by atoms with Crippen LogP contribution in [-0.4, -0.2) is 37.1 Å². The zero-order valence-corrected chi connectivity index (χ0v) is 12.2. The predicted octanol–water partition coefficient (Wildman–Crippen LogP) is 2.65. The van der Waals surface area contributed by atoms with Crippen molar-refractivity contribution in [3.8, 4) is 0 Å². The van der Waals surface area contributed by atoms with Crippen LogP contribution in [0.2, 0.25) is 0 Å². The highest BCUT2D eigenvalue weighted by Gasteiger charge is 2.26. The fraction of sp³-hybridized carbons (Fsp3) is 0.647. The molecule has 0 radical (unpaired) electrons. The van der Waals surface area contributed by atoms with Crippen molar-refractivity contribution in [1.29, 1.82) is 0 Å². The Bertz CT molecular complexity index is 427. The molecule has 0 bridgehead atoms. The Labute approximate surface area is 117 Å². The summed E-state index contributed by atoms with van der Waals surface area (Å²) in [6.45, 7) is 9.54. The second-order valence-corrected chi connectivity index (χ2v) is 6.50. The molecule has 2 unspecified atom stereocenters. The minimum Gasteiger partial charge on any atom is -0.316 e. The summed E-state index contributed by atoms with van der Waals surface area (Å²) in [5.74, 6) is 1.62. The molecule has 3 rings (SSSR count). The fourth-order valence-corrected chi connectivity index (χ4v) is 3.50. The van der Waals surface area contributed by atoms with E-state index in [2.05, 4.69) is 48.3 Å². The van der Waals surface area contributed by atoms with E-state index in [9.17, 15) is 0 Å². The second kappa shape index (κ2) is 5.64. The van der Waals surface area contributed by atoms with Gasteiger partial charge >= 0.3 is 0 Å². The van der Waals surface area contributed by atoms with Crippen molar-refractivity contribution in [3.05, 3.63) is 35.4 Å². The predicted molar refractivity (Wildman–Crippen MR) is 80.6 cm³/mol. The van der Waals surface area contributed by atoms with E-state index in [1.54, 1.807) is 11.1 Å². The van der Waals surface area contributed by atoms with Crippen LogP contribution in [0.4, 0.5) is 0 Å². The Kier molecular flexibility index (Phi) is 3.90. The van der Waals surface area contributed by atoms with Gasteiger partial charge in [0.25, 0.3) is 0 Å². The van der Waals surface area contributed by atoms with Gasteiger partial charge in [-0.15, -0.1) is 0 Å². The Morgan fingerprint density at radius 3 is 2.84 bits per heavy atom. The highest BCUT2D eigenvalue weighted by Crippen LogP contribution is 2.34. The molecular formula is C17H26N2. The molecule has 2 nitrogen and oxygen atoms in total. The van der Waals surface area contributed by atoms with E-state index in [-0.39, 0.29) is 0 Å². The van der Waals surface area contributed by atoms with Crippen LogP contribution in [0.3, 0.4) is 0 Å². The lowest BCUT2D eigenvalue weighted by Crippen LogP contribution is -2.34. The van der Waals surface area contributed by atoms with Gasteiger partial charge < -0.3 is 10.2 Å². The molecule has 2 atom stereocenters. The summed E-state index contributed by atoms with van der Waals surface area (Å²) in [6, 6.07) is 9.60. The minimum absolute atomic E-state index is 0.712. The van der Waals surface area contributed by atoms with Gasteiger partial charge in [-0.2, -0.15) is 0 Å². The van der Waals surface area contributed by atoms with Crippen LogP contribution in [0.1, 0.15) is 37.3 Å². The van der Waals surface area contributed by atoms with Crippen molar-refractivity contribution >= 4 is 0 Å². The highest BCUT2D eigenvalue weighted by molar-refractivity contribution is 5.40. The Morgan fingerprint density at radius 1 is 1.26 bits per heavy atom. The van der Waals surface area contributed by atoms with Gasteiger partial charge in [-0.25, -0.2) is 0 Å². The van der Waals surface area contributed by atoms with Crippen LogP contribution in [0.15, 0.2) is 24.3 Å². The summed E-state index contributed by atoms with van der Waals surface area (Å²) < 4.78 is 0. The third kappa shape index (κ3) is 2.85. The number of hydrogen-bond donors (Lipinski definition) is 1. The molecule has 19 heavy (non-hydrogen) atoms. The number of likely N-dealkylation sites (tertiary alicyclic amines) is 1. The largest absolute Gasteiger partial charge is 0.316 e. The summed E-state index contributed by atoms with van der Waals surface area (Å²) in [6.07, 6.45) is 2.64. The smallest absolute Gasteiger partial charge is 0.00387 e. The fourth-order valence-electron chi connectivity index (χ4n) is 3.50. The van der Waals surface area contributed by atoms with Crippen LogP contribution in [-0.2, 0) is 6.42 Å². The molecule has 0 saturated carbocycles. The Hall–Kier alpha value is -0.860. The number of fused-ring (bicyclic) bond motifs is 1. The van der Waals surface area contributed by atoms with E-state index in [1.807, 2.05) is 0 Å². The van der Waals surface area contributed by atoms with Crippen LogP contribution in [0.25, 0.3) is 0 Å².